The van der Waals surface area contributed by atoms with Gasteiger partial charge in [-0.25, -0.2) is 0 Å². The smallest absolute Gasteiger partial charge is 0.0315 e. The van der Waals surface area contributed by atoms with E-state index in [1.54, 1.807) is 6.20 Å². The third-order valence-electron chi connectivity index (χ3n) is 2.71. The van der Waals surface area contributed by atoms with Gasteiger partial charge in [-0.3, -0.25) is 4.98 Å². The van der Waals surface area contributed by atoms with Crippen LogP contribution in [0.3, 0.4) is 0 Å². The highest BCUT2D eigenvalue weighted by Gasteiger charge is 2.03. The van der Waals surface area contributed by atoms with Crippen molar-refractivity contribution in [2.45, 2.75) is 19.5 Å². The van der Waals surface area contributed by atoms with Crippen LogP contribution in [0.5, 0.6) is 0 Å². The van der Waals surface area contributed by atoms with Crippen LogP contribution in [0.1, 0.15) is 24.1 Å². The Morgan fingerprint density at radius 3 is 2.65 bits per heavy atom. The van der Waals surface area contributed by atoms with Gasteiger partial charge in [0, 0.05) is 28.6 Å². The number of hydrogen-bond acceptors (Lipinski definition) is 2. The molecule has 0 aliphatic carbocycles. The van der Waals surface area contributed by atoms with Crippen molar-refractivity contribution in [2.75, 3.05) is 0 Å². The van der Waals surface area contributed by atoms with E-state index >= 15 is 0 Å². The summed E-state index contributed by atoms with van der Waals surface area (Å²) in [5, 5.41) is 3.49. The van der Waals surface area contributed by atoms with E-state index in [9.17, 15) is 0 Å². The lowest BCUT2D eigenvalue weighted by molar-refractivity contribution is 0.573. The van der Waals surface area contributed by atoms with Gasteiger partial charge >= 0.3 is 0 Å². The predicted molar refractivity (Wildman–Crippen MR) is 78.7 cm³/mol. The van der Waals surface area contributed by atoms with E-state index < -0.39 is 0 Å². The van der Waals surface area contributed by atoms with Crippen LogP contribution in [0.25, 0.3) is 0 Å². The fourth-order valence-electron chi connectivity index (χ4n) is 1.62. The summed E-state index contributed by atoms with van der Waals surface area (Å²) in [5.41, 5.74) is 2.53. The van der Waals surface area contributed by atoms with Crippen LogP contribution in [-0.4, -0.2) is 4.98 Å². The minimum absolute atomic E-state index is 0.322. The molecule has 1 aromatic heterocycles. The van der Waals surface area contributed by atoms with Crippen LogP contribution in [-0.2, 0) is 6.54 Å². The second-order valence-corrected chi connectivity index (χ2v) is 5.26. The summed E-state index contributed by atoms with van der Waals surface area (Å²) < 4.78 is 1.27. The number of nitrogens with zero attached hydrogens (tertiary/aromatic N) is 1. The number of hydrogen-bond donors (Lipinski definition) is 1. The molecule has 2 rings (SSSR count). The van der Waals surface area contributed by atoms with Crippen LogP contribution >= 0.6 is 22.6 Å². The molecule has 0 radical (unpaired) electrons. The molecular weight excluding hydrogens is 323 g/mol. The molecule has 88 valence electrons. The van der Waals surface area contributed by atoms with Crippen molar-refractivity contribution in [3.05, 3.63) is 63.5 Å². The Hall–Kier alpha value is -0.940. The SMILES string of the molecule is CC(NCc1ccc(I)cc1)c1cccnc1. The lowest BCUT2D eigenvalue weighted by atomic mass is 10.1. The molecule has 1 aromatic carbocycles. The Morgan fingerprint density at radius 2 is 2.00 bits per heavy atom. The van der Waals surface area contributed by atoms with Crippen molar-refractivity contribution < 1.29 is 0 Å². The topological polar surface area (TPSA) is 24.9 Å². The van der Waals surface area contributed by atoms with Crippen LogP contribution in [0.15, 0.2) is 48.8 Å². The van der Waals surface area contributed by atoms with Crippen LogP contribution < -0.4 is 5.32 Å². The van der Waals surface area contributed by atoms with E-state index in [0.717, 1.165) is 6.54 Å². The fourth-order valence-corrected chi connectivity index (χ4v) is 1.98. The molecule has 0 amide bonds. The highest BCUT2D eigenvalue weighted by atomic mass is 127. The van der Waals surface area contributed by atoms with E-state index in [1.807, 2.05) is 12.3 Å². The summed E-state index contributed by atoms with van der Waals surface area (Å²) in [6.07, 6.45) is 3.71. The first-order valence-electron chi connectivity index (χ1n) is 5.63. The van der Waals surface area contributed by atoms with Crippen molar-refractivity contribution >= 4 is 22.6 Å². The van der Waals surface area contributed by atoms with Gasteiger partial charge in [0.15, 0.2) is 0 Å². The molecule has 3 heteroatoms. The zero-order valence-electron chi connectivity index (χ0n) is 9.73. The average Bonchev–Trinajstić information content (AvgIpc) is 2.39. The zero-order chi connectivity index (χ0) is 12.1. The summed E-state index contributed by atoms with van der Waals surface area (Å²) in [4.78, 5) is 4.13. The van der Waals surface area contributed by atoms with Gasteiger partial charge in [-0.1, -0.05) is 18.2 Å². The minimum Gasteiger partial charge on any atom is -0.306 e. The molecule has 0 bridgehead atoms. The first kappa shape index (κ1) is 12.5. The Morgan fingerprint density at radius 1 is 1.24 bits per heavy atom. The maximum absolute atomic E-state index is 4.13. The average molecular weight is 338 g/mol. The standard InChI is InChI=1S/C14H15IN2/c1-11(13-3-2-8-16-10-13)17-9-12-4-6-14(15)7-5-12/h2-8,10-11,17H,9H2,1H3. The molecule has 2 nitrogen and oxygen atoms in total. The third-order valence-corrected chi connectivity index (χ3v) is 3.43. The van der Waals surface area contributed by atoms with Gasteiger partial charge < -0.3 is 5.32 Å². The molecule has 2 aromatic rings. The molecule has 0 spiro atoms. The molecule has 0 saturated heterocycles. The van der Waals surface area contributed by atoms with Gasteiger partial charge in [0.25, 0.3) is 0 Å². The molecule has 0 saturated carbocycles. The maximum Gasteiger partial charge on any atom is 0.0315 e. The Labute approximate surface area is 116 Å². The molecule has 17 heavy (non-hydrogen) atoms. The van der Waals surface area contributed by atoms with E-state index in [1.165, 1.54) is 14.7 Å². The summed E-state index contributed by atoms with van der Waals surface area (Å²) in [6.45, 7) is 3.04. The second-order valence-electron chi connectivity index (χ2n) is 4.02. The lowest BCUT2D eigenvalue weighted by Gasteiger charge is -2.13. The normalized spacial score (nSPS) is 12.4. The molecule has 0 fully saturated rings. The highest BCUT2D eigenvalue weighted by molar-refractivity contribution is 14.1. The Kier molecular flexibility index (Phi) is 4.50. The molecule has 1 unspecified atom stereocenters. The van der Waals surface area contributed by atoms with E-state index in [4.69, 9.17) is 0 Å². The molecule has 1 heterocycles. The van der Waals surface area contributed by atoms with Gasteiger partial charge in [0.2, 0.25) is 0 Å². The predicted octanol–water partition coefficient (Wildman–Crippen LogP) is 3.54. The van der Waals surface area contributed by atoms with Crippen molar-refractivity contribution in [3.63, 3.8) is 0 Å². The number of aromatic nitrogens is 1. The summed E-state index contributed by atoms with van der Waals surface area (Å²) in [6, 6.07) is 13.0. The molecule has 0 aliphatic rings. The van der Waals surface area contributed by atoms with Crippen molar-refractivity contribution in [1.82, 2.24) is 10.3 Å². The number of pyridine rings is 1. The Bertz CT molecular complexity index is 453. The lowest BCUT2D eigenvalue weighted by Crippen LogP contribution is -2.18. The fraction of sp³-hybridized carbons (Fsp3) is 0.214. The van der Waals surface area contributed by atoms with Crippen LogP contribution in [0.2, 0.25) is 0 Å². The molecule has 1 N–H and O–H groups in total. The van der Waals surface area contributed by atoms with Crippen LogP contribution in [0.4, 0.5) is 0 Å². The summed E-state index contributed by atoms with van der Waals surface area (Å²) in [5.74, 6) is 0. The van der Waals surface area contributed by atoms with Gasteiger partial charge in [-0.05, 0) is 58.8 Å². The van der Waals surface area contributed by atoms with Crippen molar-refractivity contribution in [1.29, 1.82) is 0 Å². The van der Waals surface area contributed by atoms with Gasteiger partial charge in [-0.15, -0.1) is 0 Å². The van der Waals surface area contributed by atoms with Gasteiger partial charge in [-0.2, -0.15) is 0 Å². The highest BCUT2D eigenvalue weighted by Crippen LogP contribution is 2.12. The van der Waals surface area contributed by atoms with Crippen LogP contribution in [0, 0.1) is 3.57 Å². The largest absolute Gasteiger partial charge is 0.306 e. The van der Waals surface area contributed by atoms with E-state index in [0.29, 0.717) is 6.04 Å². The van der Waals surface area contributed by atoms with Crippen molar-refractivity contribution in [3.8, 4) is 0 Å². The van der Waals surface area contributed by atoms with Gasteiger partial charge in [0.1, 0.15) is 0 Å². The number of halogens is 1. The summed E-state index contributed by atoms with van der Waals surface area (Å²) >= 11 is 2.32. The van der Waals surface area contributed by atoms with E-state index in [-0.39, 0.29) is 0 Å². The third kappa shape index (κ3) is 3.78. The van der Waals surface area contributed by atoms with E-state index in [2.05, 4.69) is 70.1 Å². The zero-order valence-corrected chi connectivity index (χ0v) is 11.9. The number of rotatable bonds is 4. The number of benzene rings is 1. The summed E-state index contributed by atoms with van der Waals surface area (Å²) in [7, 11) is 0. The first-order chi connectivity index (χ1) is 8.25. The molecule has 0 aliphatic heterocycles. The van der Waals surface area contributed by atoms with Crippen molar-refractivity contribution in [2.24, 2.45) is 0 Å². The molecular formula is C14H15IN2. The minimum atomic E-state index is 0.322. The monoisotopic (exact) mass is 338 g/mol. The first-order valence-corrected chi connectivity index (χ1v) is 6.71. The molecule has 1 atom stereocenters. The van der Waals surface area contributed by atoms with Gasteiger partial charge in [0.05, 0.1) is 0 Å². The number of nitrogens with one attached hydrogen (secondary N) is 1. The quantitative estimate of drug-likeness (QED) is 0.863. The maximum atomic E-state index is 4.13. The second kappa shape index (κ2) is 6.12. The Balaban J connectivity index is 1.92.